The van der Waals surface area contributed by atoms with Crippen LogP contribution in [0.15, 0.2) is 54.6 Å². The zero-order valence-corrected chi connectivity index (χ0v) is 14.2. The van der Waals surface area contributed by atoms with Crippen molar-refractivity contribution < 1.29 is 29.3 Å². The minimum Gasteiger partial charge on any atom is -0.508 e. The summed E-state index contributed by atoms with van der Waals surface area (Å²) in [5.41, 5.74) is 0.984. The average molecular weight is 374 g/mol. The lowest BCUT2D eigenvalue weighted by Gasteiger charge is -2.36. The number of benzene rings is 3. The van der Waals surface area contributed by atoms with E-state index in [4.69, 9.17) is 9.47 Å². The van der Waals surface area contributed by atoms with E-state index in [1.807, 2.05) is 0 Å². The zero-order chi connectivity index (χ0) is 19.5. The van der Waals surface area contributed by atoms with E-state index in [9.17, 15) is 19.8 Å². The van der Waals surface area contributed by atoms with Crippen LogP contribution in [0.1, 0.15) is 27.0 Å². The second-order valence-electron chi connectivity index (χ2n) is 6.52. The third kappa shape index (κ3) is 2.04. The summed E-state index contributed by atoms with van der Waals surface area (Å²) in [6.45, 7) is 0. The van der Waals surface area contributed by atoms with Crippen molar-refractivity contribution in [2.24, 2.45) is 0 Å². The van der Waals surface area contributed by atoms with Crippen LogP contribution in [0.25, 0.3) is 0 Å². The van der Waals surface area contributed by atoms with Gasteiger partial charge in [-0.3, -0.25) is 4.79 Å². The van der Waals surface area contributed by atoms with Crippen LogP contribution in [0.2, 0.25) is 0 Å². The van der Waals surface area contributed by atoms with Crippen LogP contribution in [0.3, 0.4) is 0 Å². The largest absolute Gasteiger partial charge is 0.508 e. The average Bonchev–Trinajstić information content (AvgIpc) is 2.94. The van der Waals surface area contributed by atoms with Crippen molar-refractivity contribution in [1.29, 1.82) is 0 Å². The molecule has 0 atom stereocenters. The lowest BCUT2D eigenvalue weighted by Crippen LogP contribution is -2.33. The minimum atomic E-state index is -1.35. The normalized spacial score (nSPS) is 15.1. The first-order chi connectivity index (χ1) is 13.5. The number of phenolic OH excluding ortho intramolecular Hbond substituents is 2. The highest BCUT2D eigenvalue weighted by Gasteiger charge is 2.53. The van der Waals surface area contributed by atoms with E-state index >= 15 is 0 Å². The van der Waals surface area contributed by atoms with Crippen molar-refractivity contribution in [3.8, 4) is 23.0 Å². The smallest absolute Gasteiger partial charge is 0.340 e. The Morgan fingerprint density at radius 2 is 1.50 bits per heavy atom. The second kappa shape index (κ2) is 5.50. The molecule has 0 fully saturated rings. The first-order valence-corrected chi connectivity index (χ1v) is 8.39. The molecule has 3 aromatic rings. The van der Waals surface area contributed by atoms with Gasteiger partial charge in [0, 0.05) is 34.5 Å². The van der Waals surface area contributed by atoms with Gasteiger partial charge in [-0.05, 0) is 42.5 Å². The van der Waals surface area contributed by atoms with Crippen LogP contribution >= 0.6 is 0 Å². The summed E-state index contributed by atoms with van der Waals surface area (Å²) in [5.74, 6) is 0.00995. The molecule has 28 heavy (non-hydrogen) atoms. The Labute approximate surface area is 158 Å². The predicted octanol–water partition coefficient (Wildman–Crippen LogP) is 3.14. The molecule has 0 saturated carbocycles. The maximum absolute atomic E-state index is 12.7. The van der Waals surface area contributed by atoms with Gasteiger partial charge < -0.3 is 25.0 Å². The molecule has 2 aliphatic heterocycles. The summed E-state index contributed by atoms with van der Waals surface area (Å²) in [4.78, 5) is 23.5. The molecule has 0 aliphatic carbocycles. The predicted molar refractivity (Wildman–Crippen MR) is 97.3 cm³/mol. The molecule has 137 valence electrons. The molecule has 3 N–H and O–H groups in total. The number of nitrogens with one attached hydrogen (secondary N) is 1. The number of carbonyl (C=O) groups is 1. The number of ether oxygens (including phenoxy) is 2. The molecular weight excluding hydrogens is 362 g/mol. The fourth-order valence-electron chi connectivity index (χ4n) is 3.84. The summed E-state index contributed by atoms with van der Waals surface area (Å²) in [5, 5.41) is 22.2. The number of rotatable bonds is 2. The molecule has 0 bridgehead atoms. The number of amides is 1. The first-order valence-electron chi connectivity index (χ1n) is 8.39. The standard InChI is InChI=1S/C21H12NO6/c23-10-22-11-1-4-14-17(7-11)21(28-20(14)26)15-5-2-12(24)8-18(15)27-19-9-13(25)3-6-16(19)21/h1-9,24-25H,(H,22,23). The van der Waals surface area contributed by atoms with Gasteiger partial charge in [0.1, 0.15) is 23.0 Å². The zero-order valence-electron chi connectivity index (χ0n) is 14.2. The van der Waals surface area contributed by atoms with Gasteiger partial charge in [0.2, 0.25) is 0 Å². The van der Waals surface area contributed by atoms with Crippen LogP contribution in [0.5, 0.6) is 23.0 Å². The fourth-order valence-corrected chi connectivity index (χ4v) is 3.84. The maximum Gasteiger partial charge on any atom is 0.340 e. The first kappa shape index (κ1) is 16.2. The maximum atomic E-state index is 12.7. The molecule has 1 radical (unpaired) electrons. The van der Waals surface area contributed by atoms with E-state index < -0.39 is 11.6 Å². The van der Waals surface area contributed by atoms with Crippen molar-refractivity contribution in [2.75, 3.05) is 5.32 Å². The van der Waals surface area contributed by atoms with E-state index in [1.165, 1.54) is 24.3 Å². The van der Waals surface area contributed by atoms with Crippen LogP contribution in [-0.2, 0) is 15.1 Å². The molecule has 7 heteroatoms. The van der Waals surface area contributed by atoms with E-state index in [1.54, 1.807) is 36.7 Å². The quantitative estimate of drug-likeness (QED) is 0.470. The Morgan fingerprint density at radius 1 is 0.857 bits per heavy atom. The van der Waals surface area contributed by atoms with Gasteiger partial charge in [-0.2, -0.15) is 0 Å². The lowest BCUT2D eigenvalue weighted by molar-refractivity contribution is 0.0224. The van der Waals surface area contributed by atoms with Gasteiger partial charge in [0.05, 0.1) is 5.56 Å². The SMILES string of the molecule is O=[C]Nc1ccc2c(c1)C1(OC2=O)c2ccc(O)cc2Oc2cc(O)ccc21. The summed E-state index contributed by atoms with van der Waals surface area (Å²) in [6.07, 6.45) is 1.61. The van der Waals surface area contributed by atoms with Crippen molar-refractivity contribution in [3.05, 3.63) is 76.9 Å². The van der Waals surface area contributed by atoms with Gasteiger partial charge in [0.15, 0.2) is 5.60 Å². The third-order valence-corrected chi connectivity index (χ3v) is 4.97. The molecule has 3 aromatic carbocycles. The Hall–Kier alpha value is -4.00. The van der Waals surface area contributed by atoms with Crippen molar-refractivity contribution in [1.82, 2.24) is 0 Å². The van der Waals surface area contributed by atoms with E-state index in [-0.39, 0.29) is 11.5 Å². The molecule has 0 aromatic heterocycles. The van der Waals surface area contributed by atoms with Gasteiger partial charge in [0.25, 0.3) is 0 Å². The Balaban J connectivity index is 1.87. The van der Waals surface area contributed by atoms with Crippen molar-refractivity contribution in [2.45, 2.75) is 5.60 Å². The molecule has 7 nitrogen and oxygen atoms in total. The lowest BCUT2D eigenvalue weighted by atomic mass is 9.77. The van der Waals surface area contributed by atoms with E-state index in [0.717, 1.165) is 0 Å². The topological polar surface area (TPSA) is 105 Å². The summed E-state index contributed by atoms with van der Waals surface area (Å²) in [6, 6.07) is 13.8. The third-order valence-electron chi connectivity index (χ3n) is 4.97. The number of esters is 1. The van der Waals surface area contributed by atoms with Crippen LogP contribution < -0.4 is 10.1 Å². The fraction of sp³-hybridized carbons (Fsp3) is 0.0476. The summed E-state index contributed by atoms with van der Waals surface area (Å²) < 4.78 is 11.8. The van der Waals surface area contributed by atoms with Gasteiger partial charge in [-0.1, -0.05) is 0 Å². The Bertz CT molecular complexity index is 1120. The molecule has 5 rings (SSSR count). The Kier molecular flexibility index (Phi) is 3.18. The van der Waals surface area contributed by atoms with Crippen molar-refractivity contribution >= 4 is 18.1 Å². The van der Waals surface area contributed by atoms with Crippen LogP contribution in [-0.4, -0.2) is 22.6 Å². The summed E-state index contributed by atoms with van der Waals surface area (Å²) >= 11 is 0. The monoisotopic (exact) mass is 374 g/mol. The molecule has 0 saturated heterocycles. The second-order valence-corrected chi connectivity index (χ2v) is 6.52. The number of aromatic hydroxyl groups is 2. The number of hydrogen-bond donors (Lipinski definition) is 3. The molecular formula is C21H12NO6. The molecule has 2 aliphatic rings. The minimum absolute atomic E-state index is 0.0203. The van der Waals surface area contributed by atoms with Crippen LogP contribution in [0, 0.1) is 0 Å². The number of anilines is 1. The molecule has 1 amide bonds. The molecule has 0 unspecified atom stereocenters. The summed E-state index contributed by atoms with van der Waals surface area (Å²) in [7, 11) is 0. The highest BCUT2D eigenvalue weighted by atomic mass is 16.6. The van der Waals surface area contributed by atoms with Gasteiger partial charge in [-0.25, -0.2) is 4.79 Å². The number of fused-ring (bicyclic) bond motifs is 6. The van der Waals surface area contributed by atoms with Gasteiger partial charge in [-0.15, -0.1) is 0 Å². The van der Waals surface area contributed by atoms with E-state index in [2.05, 4.69) is 5.32 Å². The van der Waals surface area contributed by atoms with Gasteiger partial charge >= 0.3 is 12.4 Å². The number of carbonyl (C=O) groups excluding carboxylic acids is 2. The molecule has 1 spiro atoms. The Morgan fingerprint density at radius 3 is 2.11 bits per heavy atom. The highest BCUT2D eigenvalue weighted by Crippen LogP contribution is 2.57. The van der Waals surface area contributed by atoms with E-state index in [0.29, 0.717) is 39.4 Å². The highest BCUT2D eigenvalue weighted by molar-refractivity contribution is 5.98. The van der Waals surface area contributed by atoms with Crippen molar-refractivity contribution in [3.63, 3.8) is 0 Å². The molecule has 2 heterocycles. The van der Waals surface area contributed by atoms with Crippen LogP contribution in [0.4, 0.5) is 5.69 Å². The number of hydrogen-bond acceptors (Lipinski definition) is 6. The number of phenols is 2.